The molecule has 0 bridgehead atoms. The van der Waals surface area contributed by atoms with Crippen LogP contribution in [0.3, 0.4) is 0 Å². The molecule has 1 aliphatic rings. The average molecular weight is 341 g/mol. The Morgan fingerprint density at radius 3 is 2.92 bits per heavy atom. The number of carbonyl (C=O) groups is 1. The van der Waals surface area contributed by atoms with Crippen molar-refractivity contribution in [3.63, 3.8) is 0 Å². The van der Waals surface area contributed by atoms with Crippen LogP contribution in [0.4, 0.5) is 4.39 Å². The number of carboxylic acids is 1. The third kappa shape index (κ3) is 2.36. The fourth-order valence-corrected chi connectivity index (χ4v) is 4.31. The van der Waals surface area contributed by atoms with Crippen LogP contribution in [0.25, 0.3) is 21.2 Å². The van der Waals surface area contributed by atoms with Crippen molar-refractivity contribution in [2.24, 2.45) is 0 Å². The first kappa shape index (κ1) is 15.1. The summed E-state index contributed by atoms with van der Waals surface area (Å²) in [7, 11) is 0. The zero-order chi connectivity index (χ0) is 16.8. The largest absolute Gasteiger partial charge is 0.544 e. The third-order valence-corrected chi connectivity index (χ3v) is 5.61. The van der Waals surface area contributed by atoms with E-state index in [1.54, 1.807) is 6.07 Å². The molecule has 0 saturated heterocycles. The number of carbonyl (C=O) groups excluding carboxylic acids is 1. The van der Waals surface area contributed by atoms with Gasteiger partial charge in [-0.15, -0.1) is 11.3 Å². The summed E-state index contributed by atoms with van der Waals surface area (Å²) in [5, 5.41) is 12.3. The van der Waals surface area contributed by atoms with Crippen LogP contribution >= 0.6 is 11.3 Å². The molecule has 0 radical (unpaired) electrons. The van der Waals surface area contributed by atoms with E-state index in [4.69, 9.17) is 4.74 Å². The first-order chi connectivity index (χ1) is 11.5. The SMILES string of the molecule is CC1CCOc2ccc(-c3c(C(=O)[O-])sc4cc(F)ccc34)cc21. The van der Waals surface area contributed by atoms with E-state index in [0.717, 1.165) is 40.0 Å². The number of hydrogen-bond donors (Lipinski definition) is 0. The highest BCUT2D eigenvalue weighted by Gasteiger charge is 2.21. The van der Waals surface area contributed by atoms with E-state index in [2.05, 4.69) is 6.92 Å². The Morgan fingerprint density at radius 2 is 2.12 bits per heavy atom. The van der Waals surface area contributed by atoms with Crippen LogP contribution in [0.2, 0.25) is 0 Å². The van der Waals surface area contributed by atoms with Gasteiger partial charge in [0.25, 0.3) is 0 Å². The summed E-state index contributed by atoms with van der Waals surface area (Å²) >= 11 is 1.05. The lowest BCUT2D eigenvalue weighted by atomic mass is 9.91. The second-order valence-electron chi connectivity index (χ2n) is 6.02. The fourth-order valence-electron chi connectivity index (χ4n) is 3.22. The van der Waals surface area contributed by atoms with E-state index in [1.165, 1.54) is 12.1 Å². The summed E-state index contributed by atoms with van der Waals surface area (Å²) in [4.78, 5) is 11.7. The molecule has 0 spiro atoms. The van der Waals surface area contributed by atoms with Crippen molar-refractivity contribution < 1.29 is 19.0 Å². The van der Waals surface area contributed by atoms with E-state index in [1.807, 2.05) is 18.2 Å². The van der Waals surface area contributed by atoms with Gasteiger partial charge >= 0.3 is 0 Å². The van der Waals surface area contributed by atoms with Crippen LogP contribution in [0, 0.1) is 5.82 Å². The third-order valence-electron chi connectivity index (χ3n) is 4.48. The maximum absolute atomic E-state index is 13.5. The number of hydrogen-bond acceptors (Lipinski definition) is 4. The standard InChI is InChI=1S/C19H15FO3S/c1-10-6-7-23-15-5-2-11(8-14(10)15)17-13-4-3-12(20)9-16(13)24-18(17)19(21)22/h2-5,8-10H,6-7H2,1H3,(H,21,22)/p-1. The minimum Gasteiger partial charge on any atom is -0.544 e. The average Bonchev–Trinajstić information content (AvgIpc) is 2.94. The monoisotopic (exact) mass is 341 g/mol. The van der Waals surface area contributed by atoms with Crippen molar-refractivity contribution in [3.8, 4) is 16.9 Å². The minimum absolute atomic E-state index is 0.125. The summed E-state index contributed by atoms with van der Waals surface area (Å²) in [6.45, 7) is 2.82. The summed E-state index contributed by atoms with van der Waals surface area (Å²) < 4.78 is 19.8. The van der Waals surface area contributed by atoms with Gasteiger partial charge in [0.15, 0.2) is 0 Å². The Morgan fingerprint density at radius 1 is 1.29 bits per heavy atom. The fraction of sp³-hybridized carbons (Fsp3) is 0.211. The number of rotatable bonds is 2. The first-order valence-electron chi connectivity index (χ1n) is 7.75. The number of ether oxygens (including phenoxy) is 1. The highest BCUT2D eigenvalue weighted by molar-refractivity contribution is 7.21. The van der Waals surface area contributed by atoms with Crippen LogP contribution in [-0.2, 0) is 0 Å². The Bertz CT molecular complexity index is 961. The van der Waals surface area contributed by atoms with E-state index in [0.29, 0.717) is 22.8 Å². The maximum Gasteiger partial charge on any atom is 0.124 e. The Labute approximate surface area is 142 Å². The zero-order valence-electron chi connectivity index (χ0n) is 13.0. The van der Waals surface area contributed by atoms with E-state index in [9.17, 15) is 14.3 Å². The number of halogens is 1. The molecule has 3 nitrogen and oxygen atoms in total. The highest BCUT2D eigenvalue weighted by Crippen LogP contribution is 2.42. The predicted molar refractivity (Wildman–Crippen MR) is 90.1 cm³/mol. The molecule has 1 unspecified atom stereocenters. The number of aromatic carboxylic acids is 1. The van der Waals surface area contributed by atoms with Crippen molar-refractivity contribution in [3.05, 3.63) is 52.7 Å². The van der Waals surface area contributed by atoms with Crippen LogP contribution in [0.1, 0.15) is 34.5 Å². The summed E-state index contributed by atoms with van der Waals surface area (Å²) in [5.41, 5.74) is 2.46. The molecule has 0 N–H and O–H groups in total. The maximum atomic E-state index is 13.5. The summed E-state index contributed by atoms with van der Waals surface area (Å²) in [6, 6.07) is 10.1. The Balaban J connectivity index is 1.97. The van der Waals surface area contributed by atoms with E-state index in [-0.39, 0.29) is 10.7 Å². The molecule has 1 aromatic heterocycles. The van der Waals surface area contributed by atoms with Crippen LogP contribution < -0.4 is 9.84 Å². The van der Waals surface area contributed by atoms with Gasteiger partial charge in [-0.2, -0.15) is 0 Å². The summed E-state index contributed by atoms with van der Waals surface area (Å²) in [6.07, 6.45) is 0.930. The molecule has 0 fully saturated rings. The lowest BCUT2D eigenvalue weighted by Crippen LogP contribution is -2.21. The van der Waals surface area contributed by atoms with E-state index < -0.39 is 5.97 Å². The van der Waals surface area contributed by atoms with Crippen molar-refractivity contribution in [2.45, 2.75) is 19.3 Å². The number of benzene rings is 2. The molecule has 1 atom stereocenters. The van der Waals surface area contributed by atoms with Crippen LogP contribution in [-0.4, -0.2) is 12.6 Å². The Kier molecular flexibility index (Phi) is 3.53. The second-order valence-corrected chi connectivity index (χ2v) is 7.08. The van der Waals surface area contributed by atoms with Crippen LogP contribution in [0.15, 0.2) is 36.4 Å². The molecule has 0 amide bonds. The molecule has 1 aliphatic heterocycles. The molecule has 5 heteroatoms. The van der Waals surface area contributed by atoms with Gasteiger partial charge < -0.3 is 14.6 Å². The van der Waals surface area contributed by atoms with Gasteiger partial charge in [-0.3, -0.25) is 0 Å². The zero-order valence-corrected chi connectivity index (χ0v) is 13.8. The lowest BCUT2D eigenvalue weighted by Gasteiger charge is -2.23. The topological polar surface area (TPSA) is 49.4 Å². The van der Waals surface area contributed by atoms with Crippen LogP contribution in [0.5, 0.6) is 5.75 Å². The molecule has 24 heavy (non-hydrogen) atoms. The predicted octanol–water partition coefficient (Wildman–Crippen LogP) is 3.96. The first-order valence-corrected chi connectivity index (χ1v) is 8.57. The molecular formula is C19H14FO3S-. The second kappa shape index (κ2) is 5.60. The van der Waals surface area contributed by atoms with Crippen molar-refractivity contribution in [2.75, 3.05) is 6.61 Å². The lowest BCUT2D eigenvalue weighted by molar-refractivity contribution is -0.254. The quantitative estimate of drug-likeness (QED) is 0.709. The molecule has 0 saturated carbocycles. The highest BCUT2D eigenvalue weighted by atomic mass is 32.1. The van der Waals surface area contributed by atoms with Gasteiger partial charge in [-0.1, -0.05) is 13.0 Å². The molecule has 0 aliphatic carbocycles. The van der Waals surface area contributed by atoms with Gasteiger partial charge in [0.2, 0.25) is 0 Å². The van der Waals surface area contributed by atoms with Gasteiger partial charge in [-0.25, -0.2) is 4.39 Å². The van der Waals surface area contributed by atoms with Gasteiger partial charge in [0.1, 0.15) is 11.6 Å². The molecule has 3 aromatic rings. The van der Waals surface area contributed by atoms with E-state index >= 15 is 0 Å². The van der Waals surface area contributed by atoms with Gasteiger partial charge in [0, 0.05) is 15.6 Å². The molecule has 2 aromatic carbocycles. The molecule has 2 heterocycles. The van der Waals surface area contributed by atoms with Crippen molar-refractivity contribution in [1.29, 1.82) is 0 Å². The molecular weight excluding hydrogens is 327 g/mol. The minimum atomic E-state index is -1.24. The van der Waals surface area contributed by atoms with Gasteiger partial charge in [-0.05, 0) is 53.8 Å². The number of carboxylic acid groups (broad SMARTS) is 1. The Hall–Kier alpha value is -2.40. The van der Waals surface area contributed by atoms with Gasteiger partial charge in [0.05, 0.1) is 17.5 Å². The number of fused-ring (bicyclic) bond motifs is 2. The molecule has 4 rings (SSSR count). The smallest absolute Gasteiger partial charge is 0.124 e. The molecule has 122 valence electrons. The van der Waals surface area contributed by atoms with Crippen molar-refractivity contribution in [1.82, 2.24) is 0 Å². The summed E-state index contributed by atoms with van der Waals surface area (Å²) in [5.74, 6) is -0.429. The normalized spacial score (nSPS) is 16.7. The van der Waals surface area contributed by atoms with Crippen molar-refractivity contribution >= 4 is 27.4 Å². The number of thiophene rings is 1.